The highest BCUT2D eigenvalue weighted by atomic mass is 35.5. The molecule has 0 saturated heterocycles. The number of carbonyl (C=O) groups is 2. The molecule has 0 unspecified atom stereocenters. The summed E-state index contributed by atoms with van der Waals surface area (Å²) in [7, 11) is 3.07. The van der Waals surface area contributed by atoms with E-state index in [4.69, 9.17) is 30.3 Å². The number of hydrogen-bond acceptors (Lipinski definition) is 7. The van der Waals surface area contributed by atoms with E-state index in [-0.39, 0.29) is 23.7 Å². The molecule has 0 aliphatic carbocycles. The summed E-state index contributed by atoms with van der Waals surface area (Å²) in [6.07, 6.45) is 2.85. The molecule has 1 heterocycles. The van der Waals surface area contributed by atoms with Crippen molar-refractivity contribution in [1.82, 2.24) is 5.16 Å². The van der Waals surface area contributed by atoms with Gasteiger partial charge in [0.05, 0.1) is 20.8 Å². The third kappa shape index (κ3) is 5.28. The maximum absolute atomic E-state index is 12.5. The van der Waals surface area contributed by atoms with Crippen LogP contribution in [0, 0.1) is 0 Å². The van der Waals surface area contributed by atoms with Crippen molar-refractivity contribution in [3.63, 3.8) is 0 Å². The van der Waals surface area contributed by atoms with Gasteiger partial charge in [-0.3, -0.25) is 10.1 Å². The number of hydrogen-bond donors (Lipinski definition) is 1. The molecule has 166 valence electrons. The molecule has 0 spiro atoms. The first-order valence-corrected chi connectivity index (χ1v) is 9.98. The van der Waals surface area contributed by atoms with Crippen LogP contribution in [-0.2, 0) is 9.53 Å². The van der Waals surface area contributed by atoms with Crippen molar-refractivity contribution in [1.29, 1.82) is 0 Å². The maximum atomic E-state index is 12.5. The predicted molar refractivity (Wildman–Crippen MR) is 120 cm³/mol. The van der Waals surface area contributed by atoms with Gasteiger partial charge in [0.25, 0.3) is 5.91 Å². The van der Waals surface area contributed by atoms with Crippen molar-refractivity contribution in [2.75, 3.05) is 26.1 Å². The van der Waals surface area contributed by atoms with Gasteiger partial charge in [0.2, 0.25) is 5.88 Å². The predicted octanol–water partition coefficient (Wildman–Crippen LogP) is 4.84. The van der Waals surface area contributed by atoms with Crippen LogP contribution >= 0.6 is 11.6 Å². The van der Waals surface area contributed by atoms with Gasteiger partial charge >= 0.3 is 5.97 Å². The summed E-state index contributed by atoms with van der Waals surface area (Å²) in [6.45, 7) is 1.82. The molecule has 32 heavy (non-hydrogen) atoms. The molecule has 9 heteroatoms. The molecule has 1 N–H and O–H groups in total. The largest absolute Gasteiger partial charge is 0.497 e. The molecular weight excluding hydrogens is 436 g/mol. The van der Waals surface area contributed by atoms with Crippen LogP contribution in [0.15, 0.2) is 53.1 Å². The number of esters is 1. The van der Waals surface area contributed by atoms with Crippen molar-refractivity contribution in [2.45, 2.75) is 6.92 Å². The van der Waals surface area contributed by atoms with Crippen LogP contribution < -0.4 is 14.8 Å². The Labute approximate surface area is 189 Å². The molecule has 0 aliphatic heterocycles. The second-order valence-corrected chi connectivity index (χ2v) is 6.83. The minimum Gasteiger partial charge on any atom is -0.497 e. The van der Waals surface area contributed by atoms with Crippen LogP contribution in [0.3, 0.4) is 0 Å². The SMILES string of the molecule is CCOC(=O)c1c(-c2ccc(Cl)cc2)noc1NC(=O)/C=C/c1ccc(OC)cc1OC. The average molecular weight is 457 g/mol. The molecule has 1 amide bonds. The molecule has 0 fully saturated rings. The molecule has 3 aromatic rings. The van der Waals surface area contributed by atoms with Crippen LogP contribution in [0.1, 0.15) is 22.8 Å². The fourth-order valence-electron chi connectivity index (χ4n) is 2.85. The van der Waals surface area contributed by atoms with E-state index in [0.717, 1.165) is 0 Å². The number of benzene rings is 2. The van der Waals surface area contributed by atoms with Crippen molar-refractivity contribution in [2.24, 2.45) is 0 Å². The fraction of sp³-hybridized carbons (Fsp3) is 0.174. The molecule has 8 nitrogen and oxygen atoms in total. The van der Waals surface area contributed by atoms with E-state index in [0.29, 0.717) is 27.6 Å². The molecule has 0 atom stereocenters. The molecule has 1 aromatic heterocycles. The topological polar surface area (TPSA) is 99.9 Å². The Morgan fingerprint density at radius 3 is 2.53 bits per heavy atom. The van der Waals surface area contributed by atoms with E-state index in [1.54, 1.807) is 62.6 Å². The Morgan fingerprint density at radius 2 is 1.88 bits per heavy atom. The smallest absolute Gasteiger partial charge is 0.346 e. The minimum atomic E-state index is -0.671. The van der Waals surface area contributed by atoms with Crippen molar-refractivity contribution in [3.05, 3.63) is 64.7 Å². The number of halogens is 1. The standard InChI is InChI=1S/C23H21ClN2O6/c1-4-31-23(28)20-21(15-5-9-16(24)10-6-15)26-32-22(20)25-19(27)12-8-14-7-11-17(29-2)13-18(14)30-3/h5-13H,4H2,1-3H3,(H,25,27)/b12-8+. The molecule has 0 bridgehead atoms. The quantitative estimate of drug-likeness (QED) is 0.382. The highest BCUT2D eigenvalue weighted by Crippen LogP contribution is 2.31. The zero-order valence-corrected chi connectivity index (χ0v) is 18.4. The normalized spacial score (nSPS) is 10.8. The van der Waals surface area contributed by atoms with Gasteiger partial charge in [-0.15, -0.1) is 0 Å². The number of rotatable bonds is 8. The molecule has 0 aliphatic rings. The fourth-order valence-corrected chi connectivity index (χ4v) is 2.97. The van der Waals surface area contributed by atoms with Crippen molar-refractivity contribution >= 4 is 35.4 Å². The molecule has 0 radical (unpaired) electrons. The van der Waals surface area contributed by atoms with Crippen LogP contribution in [0.2, 0.25) is 5.02 Å². The number of nitrogens with one attached hydrogen (secondary N) is 1. The summed E-state index contributed by atoms with van der Waals surface area (Å²) in [4.78, 5) is 25.1. The number of nitrogens with zero attached hydrogens (tertiary/aromatic N) is 1. The Morgan fingerprint density at radius 1 is 1.12 bits per heavy atom. The van der Waals surface area contributed by atoms with Gasteiger partial charge in [0, 0.05) is 28.3 Å². The van der Waals surface area contributed by atoms with Crippen molar-refractivity contribution < 1.29 is 28.3 Å². The minimum absolute atomic E-state index is 0.0120. The molecule has 2 aromatic carbocycles. The van der Waals surface area contributed by atoms with Crippen LogP contribution in [-0.4, -0.2) is 37.9 Å². The number of ether oxygens (including phenoxy) is 3. The second kappa shape index (κ2) is 10.5. The van der Waals surface area contributed by atoms with E-state index in [9.17, 15) is 9.59 Å². The summed E-state index contributed by atoms with van der Waals surface area (Å²) in [6, 6.07) is 11.9. The number of aromatic nitrogens is 1. The lowest BCUT2D eigenvalue weighted by Gasteiger charge is -2.07. The Bertz CT molecular complexity index is 1140. The second-order valence-electron chi connectivity index (χ2n) is 6.39. The molecular formula is C23H21ClN2O6. The van der Waals surface area contributed by atoms with Crippen LogP contribution in [0.4, 0.5) is 5.88 Å². The van der Waals surface area contributed by atoms with Gasteiger partial charge in [0.15, 0.2) is 5.56 Å². The third-order valence-electron chi connectivity index (χ3n) is 4.38. The van der Waals surface area contributed by atoms with E-state index >= 15 is 0 Å². The Hall–Kier alpha value is -3.78. The Kier molecular flexibility index (Phi) is 7.51. The lowest BCUT2D eigenvalue weighted by atomic mass is 10.1. The maximum Gasteiger partial charge on any atom is 0.346 e. The summed E-state index contributed by atoms with van der Waals surface area (Å²) in [5.74, 6) is -0.170. The van der Waals surface area contributed by atoms with Gasteiger partial charge in [-0.1, -0.05) is 28.9 Å². The summed E-state index contributed by atoms with van der Waals surface area (Å²) in [5.41, 5.74) is 1.49. The van der Waals surface area contributed by atoms with Gasteiger partial charge in [-0.25, -0.2) is 4.79 Å². The number of anilines is 1. The molecule has 3 rings (SSSR count). The lowest BCUT2D eigenvalue weighted by molar-refractivity contribution is -0.112. The van der Waals surface area contributed by atoms with E-state index < -0.39 is 11.9 Å². The lowest BCUT2D eigenvalue weighted by Crippen LogP contribution is -2.13. The Balaban J connectivity index is 1.86. The number of methoxy groups -OCH3 is 2. The average Bonchev–Trinajstić information content (AvgIpc) is 3.21. The van der Waals surface area contributed by atoms with Gasteiger partial charge < -0.3 is 18.7 Å². The molecule has 0 saturated carbocycles. The van der Waals surface area contributed by atoms with E-state index in [1.807, 2.05) is 0 Å². The van der Waals surface area contributed by atoms with Crippen LogP contribution in [0.25, 0.3) is 17.3 Å². The first-order chi connectivity index (χ1) is 15.5. The van der Waals surface area contributed by atoms with Crippen LogP contribution in [0.5, 0.6) is 11.5 Å². The summed E-state index contributed by atoms with van der Waals surface area (Å²) >= 11 is 5.93. The summed E-state index contributed by atoms with van der Waals surface area (Å²) < 4.78 is 20.8. The van der Waals surface area contributed by atoms with Gasteiger partial charge in [-0.05, 0) is 37.3 Å². The van der Waals surface area contributed by atoms with Gasteiger partial charge in [-0.2, -0.15) is 0 Å². The zero-order valence-electron chi connectivity index (χ0n) is 17.7. The number of carbonyl (C=O) groups excluding carboxylic acids is 2. The number of amides is 1. The van der Waals surface area contributed by atoms with Crippen molar-refractivity contribution in [3.8, 4) is 22.8 Å². The van der Waals surface area contributed by atoms with Gasteiger partial charge in [0.1, 0.15) is 17.2 Å². The van der Waals surface area contributed by atoms with E-state index in [2.05, 4.69) is 10.5 Å². The highest BCUT2D eigenvalue weighted by molar-refractivity contribution is 6.30. The first-order valence-electron chi connectivity index (χ1n) is 9.60. The highest BCUT2D eigenvalue weighted by Gasteiger charge is 2.26. The third-order valence-corrected chi connectivity index (χ3v) is 4.63. The summed E-state index contributed by atoms with van der Waals surface area (Å²) in [5, 5.41) is 7.01. The zero-order chi connectivity index (χ0) is 23.1. The van der Waals surface area contributed by atoms with E-state index in [1.165, 1.54) is 13.2 Å². The monoisotopic (exact) mass is 456 g/mol. The first kappa shape index (κ1) is 22.9.